The highest BCUT2D eigenvalue weighted by atomic mass is 16.5. The molecule has 0 fully saturated rings. The number of fused-ring (bicyclic) bond motifs is 1. The molecular formula is C19H24N2O2. The SMILES string of the molecule is Cc1noc(C)c1CC(=O)NC(C)c1ccc2c(c1)CCCC2. The number of carbonyl (C=O) groups is 1. The van der Waals surface area contributed by atoms with Gasteiger partial charge in [-0.05, 0) is 63.1 Å². The van der Waals surface area contributed by atoms with E-state index in [1.54, 1.807) is 0 Å². The van der Waals surface area contributed by atoms with Crippen molar-refractivity contribution in [2.24, 2.45) is 0 Å². The van der Waals surface area contributed by atoms with Crippen LogP contribution in [-0.4, -0.2) is 11.1 Å². The number of nitrogens with one attached hydrogen (secondary N) is 1. The molecular weight excluding hydrogens is 288 g/mol. The zero-order valence-electron chi connectivity index (χ0n) is 14.1. The summed E-state index contributed by atoms with van der Waals surface area (Å²) in [5.74, 6) is 0.726. The summed E-state index contributed by atoms with van der Waals surface area (Å²) in [6.45, 7) is 5.75. The highest BCUT2D eigenvalue weighted by Crippen LogP contribution is 2.25. The fourth-order valence-electron chi connectivity index (χ4n) is 3.31. The topological polar surface area (TPSA) is 55.1 Å². The molecule has 0 saturated heterocycles. The minimum absolute atomic E-state index is 0.00428. The molecule has 4 heteroatoms. The smallest absolute Gasteiger partial charge is 0.225 e. The van der Waals surface area contributed by atoms with Crippen molar-refractivity contribution < 1.29 is 9.32 Å². The standard InChI is InChI=1S/C19H24N2O2/c1-12(16-9-8-15-6-4-5-7-17(15)10-16)20-19(22)11-18-13(2)21-23-14(18)3/h8-10,12H,4-7,11H2,1-3H3,(H,20,22). The maximum atomic E-state index is 12.3. The summed E-state index contributed by atoms with van der Waals surface area (Å²) in [6, 6.07) is 6.64. The molecule has 2 aromatic rings. The molecule has 0 spiro atoms. The van der Waals surface area contributed by atoms with Gasteiger partial charge < -0.3 is 9.84 Å². The Bertz CT molecular complexity index is 699. The van der Waals surface area contributed by atoms with Crippen LogP contribution in [0.3, 0.4) is 0 Å². The Morgan fingerprint density at radius 3 is 2.70 bits per heavy atom. The maximum Gasteiger partial charge on any atom is 0.225 e. The van der Waals surface area contributed by atoms with E-state index in [9.17, 15) is 4.79 Å². The minimum Gasteiger partial charge on any atom is -0.361 e. The van der Waals surface area contributed by atoms with E-state index in [-0.39, 0.29) is 11.9 Å². The molecule has 1 aliphatic rings. The lowest BCUT2D eigenvalue weighted by molar-refractivity contribution is -0.121. The molecule has 1 aliphatic carbocycles. The van der Waals surface area contributed by atoms with Crippen LogP contribution < -0.4 is 5.32 Å². The van der Waals surface area contributed by atoms with Crippen LogP contribution in [0.4, 0.5) is 0 Å². The summed E-state index contributed by atoms with van der Waals surface area (Å²) in [5, 5.41) is 6.99. The van der Waals surface area contributed by atoms with Gasteiger partial charge in [-0.3, -0.25) is 4.79 Å². The first-order chi connectivity index (χ1) is 11.0. The minimum atomic E-state index is 0.00428. The van der Waals surface area contributed by atoms with Gasteiger partial charge in [-0.15, -0.1) is 0 Å². The van der Waals surface area contributed by atoms with Crippen molar-refractivity contribution in [3.8, 4) is 0 Å². The van der Waals surface area contributed by atoms with Crippen LogP contribution in [0.2, 0.25) is 0 Å². The second-order valence-corrected chi connectivity index (χ2v) is 6.50. The molecule has 1 amide bonds. The predicted molar refractivity (Wildman–Crippen MR) is 89.3 cm³/mol. The third-order valence-electron chi connectivity index (χ3n) is 4.77. The van der Waals surface area contributed by atoms with Crippen LogP contribution in [0.5, 0.6) is 0 Å². The lowest BCUT2D eigenvalue weighted by atomic mass is 9.89. The number of carbonyl (C=O) groups excluding carboxylic acids is 1. The van der Waals surface area contributed by atoms with Gasteiger partial charge in [0.05, 0.1) is 18.2 Å². The van der Waals surface area contributed by atoms with Gasteiger partial charge in [0.15, 0.2) is 0 Å². The van der Waals surface area contributed by atoms with Crippen LogP contribution in [0.1, 0.15) is 59.5 Å². The van der Waals surface area contributed by atoms with E-state index >= 15 is 0 Å². The summed E-state index contributed by atoms with van der Waals surface area (Å²) in [6.07, 6.45) is 5.21. The van der Waals surface area contributed by atoms with Gasteiger partial charge in [-0.1, -0.05) is 23.4 Å². The molecule has 23 heavy (non-hydrogen) atoms. The molecule has 3 rings (SSSR count). The second-order valence-electron chi connectivity index (χ2n) is 6.50. The van der Waals surface area contributed by atoms with E-state index < -0.39 is 0 Å². The highest BCUT2D eigenvalue weighted by molar-refractivity contribution is 5.79. The Morgan fingerprint density at radius 1 is 1.26 bits per heavy atom. The van der Waals surface area contributed by atoms with Crippen LogP contribution in [0.15, 0.2) is 22.7 Å². The normalized spacial score (nSPS) is 15.1. The van der Waals surface area contributed by atoms with Crippen LogP contribution in [0.25, 0.3) is 0 Å². The van der Waals surface area contributed by atoms with Gasteiger partial charge in [0.25, 0.3) is 0 Å². The molecule has 4 nitrogen and oxygen atoms in total. The van der Waals surface area contributed by atoms with Crippen molar-refractivity contribution in [3.63, 3.8) is 0 Å². The van der Waals surface area contributed by atoms with Crippen LogP contribution in [-0.2, 0) is 24.1 Å². The van der Waals surface area contributed by atoms with Crippen LogP contribution in [0, 0.1) is 13.8 Å². The second kappa shape index (κ2) is 6.57. The Morgan fingerprint density at radius 2 is 2.00 bits per heavy atom. The first-order valence-corrected chi connectivity index (χ1v) is 8.37. The number of hydrogen-bond acceptors (Lipinski definition) is 3. The zero-order valence-corrected chi connectivity index (χ0v) is 14.1. The average Bonchev–Trinajstić information content (AvgIpc) is 2.86. The number of benzene rings is 1. The van der Waals surface area contributed by atoms with Crippen molar-refractivity contribution in [1.82, 2.24) is 10.5 Å². The quantitative estimate of drug-likeness (QED) is 0.938. The molecule has 0 bridgehead atoms. The Balaban J connectivity index is 1.66. The van der Waals surface area contributed by atoms with E-state index in [1.807, 2.05) is 20.8 Å². The van der Waals surface area contributed by atoms with Crippen molar-refractivity contribution >= 4 is 5.91 Å². The molecule has 1 unspecified atom stereocenters. The van der Waals surface area contributed by atoms with Gasteiger partial charge in [-0.2, -0.15) is 0 Å². The molecule has 0 aliphatic heterocycles. The van der Waals surface area contributed by atoms with Gasteiger partial charge in [0.2, 0.25) is 5.91 Å². The third kappa shape index (κ3) is 3.46. The van der Waals surface area contributed by atoms with Crippen molar-refractivity contribution in [3.05, 3.63) is 51.9 Å². The maximum absolute atomic E-state index is 12.3. The summed E-state index contributed by atoms with van der Waals surface area (Å²) in [4.78, 5) is 12.3. The lowest BCUT2D eigenvalue weighted by Gasteiger charge is -2.20. The molecule has 0 saturated carbocycles. The van der Waals surface area contributed by atoms with E-state index in [1.165, 1.54) is 36.0 Å². The summed E-state index contributed by atoms with van der Waals surface area (Å²) in [7, 11) is 0. The first kappa shape index (κ1) is 15.8. The van der Waals surface area contributed by atoms with E-state index in [0.29, 0.717) is 6.42 Å². The number of amides is 1. The molecule has 122 valence electrons. The molecule has 1 atom stereocenters. The zero-order chi connectivity index (χ0) is 16.4. The van der Waals surface area contributed by atoms with Crippen LogP contribution >= 0.6 is 0 Å². The lowest BCUT2D eigenvalue weighted by Crippen LogP contribution is -2.28. The van der Waals surface area contributed by atoms with E-state index in [0.717, 1.165) is 23.4 Å². The highest BCUT2D eigenvalue weighted by Gasteiger charge is 2.17. The molecule has 1 aromatic heterocycles. The Kier molecular flexibility index (Phi) is 4.51. The number of hydrogen-bond donors (Lipinski definition) is 1. The molecule has 1 aromatic carbocycles. The summed E-state index contributed by atoms with van der Waals surface area (Å²) >= 11 is 0. The summed E-state index contributed by atoms with van der Waals surface area (Å²) < 4.78 is 5.12. The Hall–Kier alpha value is -2.10. The van der Waals surface area contributed by atoms with Gasteiger partial charge in [-0.25, -0.2) is 0 Å². The summed E-state index contributed by atoms with van der Waals surface area (Å²) in [5.41, 5.74) is 5.77. The fraction of sp³-hybridized carbons (Fsp3) is 0.474. The number of rotatable bonds is 4. The van der Waals surface area contributed by atoms with Gasteiger partial charge >= 0.3 is 0 Å². The van der Waals surface area contributed by atoms with Crippen molar-refractivity contribution in [2.45, 2.75) is 58.9 Å². The van der Waals surface area contributed by atoms with E-state index in [4.69, 9.17) is 4.52 Å². The van der Waals surface area contributed by atoms with Gasteiger partial charge in [0, 0.05) is 5.56 Å². The number of aryl methyl sites for hydroxylation is 4. The third-order valence-corrected chi connectivity index (χ3v) is 4.77. The molecule has 1 N–H and O–H groups in total. The molecule has 0 radical (unpaired) electrons. The largest absolute Gasteiger partial charge is 0.361 e. The fourth-order valence-corrected chi connectivity index (χ4v) is 3.31. The number of aromatic nitrogens is 1. The monoisotopic (exact) mass is 312 g/mol. The average molecular weight is 312 g/mol. The predicted octanol–water partition coefficient (Wildman–Crippen LogP) is 3.59. The molecule has 1 heterocycles. The number of nitrogens with zero attached hydrogens (tertiary/aromatic N) is 1. The Labute approximate surface area is 137 Å². The van der Waals surface area contributed by atoms with E-state index in [2.05, 4.69) is 28.7 Å². The first-order valence-electron chi connectivity index (χ1n) is 8.37. The van der Waals surface area contributed by atoms with Crippen molar-refractivity contribution in [1.29, 1.82) is 0 Å². The van der Waals surface area contributed by atoms with Crippen molar-refractivity contribution in [2.75, 3.05) is 0 Å². The van der Waals surface area contributed by atoms with Gasteiger partial charge in [0.1, 0.15) is 5.76 Å².